The molecule has 9 nitrogen and oxygen atoms in total. The molecule has 13 heteroatoms. The highest BCUT2D eigenvalue weighted by molar-refractivity contribution is 6.39. The van der Waals surface area contributed by atoms with Crippen molar-refractivity contribution in [2.45, 2.75) is 19.8 Å². The largest absolute Gasteiger partial charge is 0.433 e. The number of anilines is 1. The molecule has 0 aliphatic heterocycles. The molecular weight excluding hydrogens is 517 g/mol. The molecule has 2 heterocycles. The van der Waals surface area contributed by atoms with E-state index in [4.69, 9.17) is 16.3 Å². The number of rotatable bonds is 10. The third kappa shape index (κ3) is 7.15. The van der Waals surface area contributed by atoms with E-state index >= 15 is 4.39 Å². The van der Waals surface area contributed by atoms with E-state index in [9.17, 15) is 28.6 Å². The van der Waals surface area contributed by atoms with Gasteiger partial charge in [0.05, 0.1) is 11.9 Å². The number of halogens is 4. The molecule has 0 amide bonds. The summed E-state index contributed by atoms with van der Waals surface area (Å²) in [7, 11) is 4.78. The standard InChI is InChI=1S/C24H24ClF3N4O5/c1-13-10-29-21(18(34)6-7-31(3)4)20(28)22(13)32(5)14(2)8-19(16(25)12-33)37-24(35,36)23-17(27)9-15(26)11-30-23/h6-12,35-36H,1-5H3/b7-6+,14-8-,19-16-. The van der Waals surface area contributed by atoms with Crippen molar-refractivity contribution >= 4 is 29.4 Å². The van der Waals surface area contributed by atoms with Crippen LogP contribution in [0.25, 0.3) is 0 Å². The second kappa shape index (κ2) is 12.0. The summed E-state index contributed by atoms with van der Waals surface area (Å²) >= 11 is 5.86. The zero-order valence-electron chi connectivity index (χ0n) is 20.5. The first-order valence-corrected chi connectivity index (χ1v) is 10.8. The molecule has 0 aliphatic carbocycles. The zero-order chi connectivity index (χ0) is 28.1. The monoisotopic (exact) mass is 540 g/mol. The Hall–Kier alpha value is -3.74. The Balaban J connectivity index is 2.50. The number of carbonyl (C=O) groups is 2. The Kier molecular flexibility index (Phi) is 9.56. The summed E-state index contributed by atoms with van der Waals surface area (Å²) in [6, 6.07) is 0.341. The molecule has 2 aromatic heterocycles. The molecule has 0 bridgehead atoms. The molecule has 0 atom stereocenters. The van der Waals surface area contributed by atoms with E-state index < -0.39 is 51.4 Å². The van der Waals surface area contributed by atoms with Gasteiger partial charge in [0.25, 0.3) is 0 Å². The molecule has 2 aromatic rings. The SMILES string of the molecule is C/C(=C/C(OC(O)(O)c1ncc(F)cc1F)=C(/Cl)C=O)N(C)c1c(C)cnc(C(=O)/C=C/N(C)C)c1F. The van der Waals surface area contributed by atoms with Gasteiger partial charge in [-0.3, -0.25) is 9.59 Å². The van der Waals surface area contributed by atoms with Crippen molar-refractivity contribution in [1.29, 1.82) is 0 Å². The van der Waals surface area contributed by atoms with Crippen LogP contribution in [0.3, 0.4) is 0 Å². The van der Waals surface area contributed by atoms with E-state index in [1.165, 1.54) is 31.3 Å². The van der Waals surface area contributed by atoms with Crippen molar-refractivity contribution < 1.29 is 37.7 Å². The number of aldehydes is 1. The van der Waals surface area contributed by atoms with Gasteiger partial charge in [0.15, 0.2) is 23.6 Å². The maximum atomic E-state index is 15.4. The number of ketones is 1. The fourth-order valence-corrected chi connectivity index (χ4v) is 3.06. The van der Waals surface area contributed by atoms with Crippen LogP contribution < -0.4 is 4.90 Å². The number of aryl methyl sites for hydroxylation is 1. The van der Waals surface area contributed by atoms with E-state index in [0.717, 1.165) is 12.2 Å². The average molecular weight is 541 g/mol. The minimum atomic E-state index is -3.47. The minimum absolute atomic E-state index is 0.0579. The van der Waals surface area contributed by atoms with Gasteiger partial charge in [-0.2, -0.15) is 0 Å². The number of nitrogens with zero attached hydrogens (tertiary/aromatic N) is 4. The predicted molar refractivity (Wildman–Crippen MR) is 129 cm³/mol. The molecule has 0 saturated carbocycles. The maximum Gasteiger partial charge on any atom is 0.372 e. The van der Waals surface area contributed by atoms with Gasteiger partial charge in [0, 0.05) is 57.5 Å². The van der Waals surface area contributed by atoms with Crippen LogP contribution >= 0.6 is 11.6 Å². The Morgan fingerprint density at radius 3 is 2.38 bits per heavy atom. The molecule has 0 saturated heterocycles. The lowest BCUT2D eigenvalue weighted by atomic mass is 10.1. The Labute approximate surface area is 215 Å². The van der Waals surface area contributed by atoms with Gasteiger partial charge >= 0.3 is 5.97 Å². The van der Waals surface area contributed by atoms with Crippen LogP contribution in [-0.4, -0.2) is 58.3 Å². The summed E-state index contributed by atoms with van der Waals surface area (Å²) in [6.45, 7) is 2.97. The second-order valence-corrected chi connectivity index (χ2v) is 8.37. The lowest BCUT2D eigenvalue weighted by molar-refractivity contribution is -0.334. The van der Waals surface area contributed by atoms with E-state index in [0.29, 0.717) is 17.8 Å². The molecular formula is C24H24ClF3N4O5. The first-order chi connectivity index (χ1) is 17.2. The molecule has 2 N–H and O–H groups in total. The Morgan fingerprint density at radius 2 is 1.81 bits per heavy atom. The number of allylic oxidation sites excluding steroid dienone is 4. The van der Waals surface area contributed by atoms with E-state index in [2.05, 4.69) is 9.97 Å². The van der Waals surface area contributed by atoms with Gasteiger partial charge in [-0.1, -0.05) is 11.6 Å². The fraction of sp³-hybridized carbons (Fsp3) is 0.250. The number of carbonyl (C=O) groups excluding carboxylic acids is 2. The normalized spacial score (nSPS) is 12.9. The van der Waals surface area contributed by atoms with Crippen LogP contribution in [0.5, 0.6) is 0 Å². The van der Waals surface area contributed by atoms with Crippen molar-refractivity contribution in [3.63, 3.8) is 0 Å². The van der Waals surface area contributed by atoms with Crippen LogP contribution in [0.1, 0.15) is 28.7 Å². The van der Waals surface area contributed by atoms with Crippen molar-refractivity contribution in [3.05, 3.63) is 87.7 Å². The number of ether oxygens (including phenoxy) is 1. The van der Waals surface area contributed by atoms with Crippen LogP contribution in [0.2, 0.25) is 0 Å². The number of hydrogen-bond acceptors (Lipinski definition) is 9. The summed E-state index contributed by atoms with van der Waals surface area (Å²) in [5.74, 6) is -8.28. The zero-order valence-corrected chi connectivity index (χ0v) is 21.2. The maximum absolute atomic E-state index is 15.4. The van der Waals surface area contributed by atoms with Gasteiger partial charge in [0.2, 0.25) is 5.78 Å². The third-order valence-electron chi connectivity index (χ3n) is 4.85. The first-order valence-electron chi connectivity index (χ1n) is 10.5. The Bertz CT molecular complexity index is 1300. The molecule has 0 aromatic carbocycles. The van der Waals surface area contributed by atoms with Gasteiger partial charge in [-0.05, 0) is 19.4 Å². The summed E-state index contributed by atoms with van der Waals surface area (Å²) < 4.78 is 47.5. The van der Waals surface area contributed by atoms with Gasteiger partial charge in [-0.15, -0.1) is 0 Å². The molecule has 37 heavy (non-hydrogen) atoms. The molecule has 0 fully saturated rings. The third-order valence-corrected chi connectivity index (χ3v) is 5.12. The van der Waals surface area contributed by atoms with Gasteiger partial charge < -0.3 is 24.7 Å². The first kappa shape index (κ1) is 29.5. The van der Waals surface area contributed by atoms with Crippen molar-refractivity contribution in [1.82, 2.24) is 14.9 Å². The quantitative estimate of drug-likeness (QED) is 0.117. The molecule has 198 valence electrons. The molecule has 0 aliphatic rings. The highest BCUT2D eigenvalue weighted by atomic mass is 35.5. The smallest absolute Gasteiger partial charge is 0.372 e. The average Bonchev–Trinajstić information content (AvgIpc) is 2.81. The molecule has 0 radical (unpaired) electrons. The lowest BCUT2D eigenvalue weighted by Gasteiger charge is -2.26. The highest BCUT2D eigenvalue weighted by Crippen LogP contribution is 2.30. The van der Waals surface area contributed by atoms with Gasteiger partial charge in [-0.25, -0.2) is 23.1 Å². The van der Waals surface area contributed by atoms with Crippen molar-refractivity contribution in [2.75, 3.05) is 26.0 Å². The van der Waals surface area contributed by atoms with Crippen molar-refractivity contribution in [2.24, 2.45) is 0 Å². The minimum Gasteiger partial charge on any atom is -0.433 e. The van der Waals surface area contributed by atoms with Crippen LogP contribution in [0.4, 0.5) is 18.9 Å². The number of hydrogen-bond donors (Lipinski definition) is 2. The topological polar surface area (TPSA) is 116 Å². The summed E-state index contributed by atoms with van der Waals surface area (Å²) in [6.07, 6.45) is 5.53. The summed E-state index contributed by atoms with van der Waals surface area (Å²) in [4.78, 5) is 33.7. The molecule has 0 unspecified atom stereocenters. The van der Waals surface area contributed by atoms with Crippen LogP contribution in [0.15, 0.2) is 53.3 Å². The van der Waals surface area contributed by atoms with Gasteiger partial charge in [0.1, 0.15) is 22.3 Å². The van der Waals surface area contributed by atoms with E-state index in [1.54, 1.807) is 25.9 Å². The van der Waals surface area contributed by atoms with Crippen LogP contribution in [-0.2, 0) is 15.5 Å². The number of pyridine rings is 2. The fourth-order valence-electron chi connectivity index (χ4n) is 2.97. The Morgan fingerprint density at radius 1 is 1.16 bits per heavy atom. The summed E-state index contributed by atoms with van der Waals surface area (Å²) in [5.41, 5.74) is -1.14. The van der Waals surface area contributed by atoms with E-state index in [-0.39, 0.29) is 17.7 Å². The van der Waals surface area contributed by atoms with Crippen LogP contribution in [0, 0.1) is 24.4 Å². The number of aromatic nitrogens is 2. The number of aliphatic hydroxyl groups is 2. The highest BCUT2D eigenvalue weighted by Gasteiger charge is 2.36. The van der Waals surface area contributed by atoms with E-state index in [1.807, 2.05) is 0 Å². The molecule has 0 spiro atoms. The lowest BCUT2D eigenvalue weighted by Crippen LogP contribution is -2.31. The molecule has 2 rings (SSSR count). The summed E-state index contributed by atoms with van der Waals surface area (Å²) in [5, 5.41) is 19.8. The predicted octanol–water partition coefficient (Wildman–Crippen LogP) is 3.26. The van der Waals surface area contributed by atoms with Crippen molar-refractivity contribution in [3.8, 4) is 0 Å². The second-order valence-electron chi connectivity index (χ2n) is 7.97.